The van der Waals surface area contributed by atoms with Crippen LogP contribution < -0.4 is 10.1 Å². The number of hydrogen-bond acceptors (Lipinski definition) is 5. The van der Waals surface area contributed by atoms with E-state index in [1.54, 1.807) is 0 Å². The van der Waals surface area contributed by atoms with E-state index in [4.69, 9.17) is 16.7 Å². The fourth-order valence-electron chi connectivity index (χ4n) is 3.84. The van der Waals surface area contributed by atoms with E-state index in [2.05, 4.69) is 10.1 Å². The van der Waals surface area contributed by atoms with Crippen LogP contribution in [0.2, 0.25) is 5.02 Å². The number of nitrogens with zero attached hydrogens (tertiary/aromatic N) is 5. The molecule has 170 valence electrons. The molecule has 8 heteroatoms. The van der Waals surface area contributed by atoms with E-state index >= 15 is 0 Å². The number of benzene rings is 3. The van der Waals surface area contributed by atoms with E-state index in [0.29, 0.717) is 20.3 Å². The van der Waals surface area contributed by atoms with E-state index in [1.807, 2.05) is 103 Å². The zero-order chi connectivity index (χ0) is 23.9. The second-order valence-electron chi connectivity index (χ2n) is 8.13. The normalized spacial score (nSPS) is 12.0. The number of aryl methyl sites for hydroxylation is 1. The van der Waals surface area contributed by atoms with Crippen LogP contribution in [0.25, 0.3) is 39.4 Å². The summed E-state index contributed by atoms with van der Waals surface area (Å²) in [5, 5.41) is 9.93. The van der Waals surface area contributed by atoms with Gasteiger partial charge >= 0.3 is 0 Å². The summed E-state index contributed by atoms with van der Waals surface area (Å²) >= 11 is 7.41. The van der Waals surface area contributed by atoms with Crippen molar-refractivity contribution in [2.75, 3.05) is 0 Å². The molecule has 0 saturated heterocycles. The van der Waals surface area contributed by atoms with Crippen molar-refractivity contribution in [3.05, 3.63) is 116 Å². The van der Waals surface area contributed by atoms with Gasteiger partial charge in [-0.15, -0.1) is 5.10 Å². The lowest BCUT2D eigenvalue weighted by Crippen LogP contribution is -2.23. The van der Waals surface area contributed by atoms with Crippen molar-refractivity contribution < 1.29 is 0 Å². The van der Waals surface area contributed by atoms with Crippen LogP contribution in [0, 0.1) is 6.92 Å². The minimum absolute atomic E-state index is 0.203. The molecule has 0 amide bonds. The summed E-state index contributed by atoms with van der Waals surface area (Å²) in [7, 11) is 0. The molecule has 0 fully saturated rings. The lowest BCUT2D eigenvalue weighted by molar-refractivity contribution is 0.884. The number of halogens is 1. The smallest absolute Gasteiger partial charge is 0.266 e. The molecule has 6 rings (SSSR count). The Balaban J connectivity index is 1.48. The molecule has 0 radical (unpaired) electrons. The Bertz CT molecular complexity index is 1770. The topological polar surface area (TPSA) is 65.1 Å². The standard InChI is InChI=1S/C27H18ClN5OS/c1-17-7-9-19(10-8-17)25-29-27-33(31-25)26(34)23(35-27)15-20-16-32(22-5-3-2-4-6-22)30-24(20)18-11-13-21(28)14-12-18/h2-16H,1H3/b23-15+. The third-order valence-corrected chi connectivity index (χ3v) is 6.87. The first kappa shape index (κ1) is 21.5. The van der Waals surface area contributed by atoms with Crippen LogP contribution in [0.4, 0.5) is 0 Å². The average molecular weight is 496 g/mol. The molecule has 0 spiro atoms. The maximum absolute atomic E-state index is 13.2. The van der Waals surface area contributed by atoms with Crippen LogP contribution in [0.15, 0.2) is 89.9 Å². The molecular formula is C27H18ClN5OS. The zero-order valence-electron chi connectivity index (χ0n) is 18.6. The Morgan fingerprint density at radius 1 is 0.886 bits per heavy atom. The van der Waals surface area contributed by atoms with E-state index in [1.165, 1.54) is 15.9 Å². The first-order valence-corrected chi connectivity index (χ1v) is 12.1. The highest BCUT2D eigenvalue weighted by molar-refractivity contribution is 7.15. The van der Waals surface area contributed by atoms with Gasteiger partial charge in [0.25, 0.3) is 5.56 Å². The van der Waals surface area contributed by atoms with Gasteiger partial charge in [0.2, 0.25) is 4.96 Å². The lowest BCUT2D eigenvalue weighted by atomic mass is 10.1. The van der Waals surface area contributed by atoms with Crippen molar-refractivity contribution in [3.8, 4) is 28.3 Å². The maximum Gasteiger partial charge on any atom is 0.291 e. The van der Waals surface area contributed by atoms with Crippen molar-refractivity contribution in [2.45, 2.75) is 6.92 Å². The van der Waals surface area contributed by atoms with Crippen LogP contribution in [0.1, 0.15) is 11.1 Å². The van der Waals surface area contributed by atoms with Crippen LogP contribution >= 0.6 is 22.9 Å². The van der Waals surface area contributed by atoms with E-state index in [-0.39, 0.29) is 5.56 Å². The molecule has 3 aromatic carbocycles. The zero-order valence-corrected chi connectivity index (χ0v) is 20.2. The largest absolute Gasteiger partial charge is 0.291 e. The Morgan fingerprint density at radius 2 is 1.60 bits per heavy atom. The Kier molecular flexibility index (Phi) is 5.28. The third kappa shape index (κ3) is 4.05. The fraction of sp³-hybridized carbons (Fsp3) is 0.0370. The van der Waals surface area contributed by atoms with E-state index < -0.39 is 0 Å². The van der Waals surface area contributed by atoms with Gasteiger partial charge in [-0.3, -0.25) is 4.79 Å². The van der Waals surface area contributed by atoms with Gasteiger partial charge in [-0.25, -0.2) is 4.68 Å². The molecule has 35 heavy (non-hydrogen) atoms. The minimum atomic E-state index is -0.203. The predicted molar refractivity (Wildman–Crippen MR) is 140 cm³/mol. The van der Waals surface area contributed by atoms with E-state index in [9.17, 15) is 4.79 Å². The first-order chi connectivity index (χ1) is 17.0. The van der Waals surface area contributed by atoms with Crippen LogP contribution in [-0.4, -0.2) is 24.4 Å². The quantitative estimate of drug-likeness (QED) is 0.338. The fourth-order valence-corrected chi connectivity index (χ4v) is 4.86. The minimum Gasteiger partial charge on any atom is -0.266 e. The molecule has 6 nitrogen and oxygen atoms in total. The molecule has 3 aromatic heterocycles. The molecular weight excluding hydrogens is 478 g/mol. The van der Waals surface area contributed by atoms with Crippen LogP contribution in [0.3, 0.4) is 0 Å². The monoisotopic (exact) mass is 495 g/mol. The molecule has 0 N–H and O–H groups in total. The maximum atomic E-state index is 13.2. The first-order valence-electron chi connectivity index (χ1n) is 10.9. The van der Waals surface area contributed by atoms with Crippen LogP contribution in [0.5, 0.6) is 0 Å². The van der Waals surface area contributed by atoms with Gasteiger partial charge in [0.15, 0.2) is 5.82 Å². The van der Waals surface area contributed by atoms with Gasteiger partial charge < -0.3 is 0 Å². The Morgan fingerprint density at radius 3 is 2.31 bits per heavy atom. The molecule has 0 unspecified atom stereocenters. The molecule has 6 aromatic rings. The molecule has 0 bridgehead atoms. The summed E-state index contributed by atoms with van der Waals surface area (Å²) in [5.74, 6) is 0.540. The molecule has 0 saturated carbocycles. The molecule has 0 aliphatic rings. The summed E-state index contributed by atoms with van der Waals surface area (Å²) in [6, 6.07) is 25.3. The summed E-state index contributed by atoms with van der Waals surface area (Å²) in [4.78, 5) is 18.3. The lowest BCUT2D eigenvalue weighted by Gasteiger charge is -2.00. The Labute approximate surface area is 209 Å². The van der Waals surface area contributed by atoms with Crippen molar-refractivity contribution in [3.63, 3.8) is 0 Å². The summed E-state index contributed by atoms with van der Waals surface area (Å²) in [6.45, 7) is 2.03. The average Bonchev–Trinajstić information content (AvgIpc) is 3.56. The van der Waals surface area contributed by atoms with Gasteiger partial charge in [0, 0.05) is 27.9 Å². The molecule has 0 atom stereocenters. The van der Waals surface area contributed by atoms with Gasteiger partial charge in [-0.2, -0.15) is 14.6 Å². The predicted octanol–water partition coefficient (Wildman–Crippen LogP) is 5.18. The second-order valence-corrected chi connectivity index (χ2v) is 9.58. The third-order valence-electron chi connectivity index (χ3n) is 5.66. The second kappa shape index (κ2) is 8.61. The van der Waals surface area contributed by atoms with Crippen molar-refractivity contribution in [1.29, 1.82) is 0 Å². The van der Waals surface area contributed by atoms with Gasteiger partial charge in [-0.05, 0) is 37.3 Å². The summed E-state index contributed by atoms with van der Waals surface area (Å²) in [5.41, 5.74) is 5.24. The van der Waals surface area contributed by atoms with Crippen molar-refractivity contribution in [1.82, 2.24) is 24.4 Å². The summed E-state index contributed by atoms with van der Waals surface area (Å²) < 4.78 is 3.72. The van der Waals surface area contributed by atoms with Crippen molar-refractivity contribution >= 4 is 34.0 Å². The number of rotatable bonds is 4. The van der Waals surface area contributed by atoms with Gasteiger partial charge in [-0.1, -0.05) is 83.1 Å². The van der Waals surface area contributed by atoms with Gasteiger partial charge in [0.1, 0.15) is 5.69 Å². The van der Waals surface area contributed by atoms with E-state index in [0.717, 1.165) is 33.6 Å². The SMILES string of the molecule is Cc1ccc(-c2nc3s/c(=C/c4cn(-c5ccccc5)nc4-c4ccc(Cl)cc4)c(=O)n3n2)cc1. The summed E-state index contributed by atoms with van der Waals surface area (Å²) in [6.07, 6.45) is 3.78. The molecule has 0 aliphatic carbocycles. The van der Waals surface area contributed by atoms with Crippen LogP contribution in [-0.2, 0) is 0 Å². The highest BCUT2D eigenvalue weighted by Gasteiger charge is 2.15. The number of hydrogen-bond donors (Lipinski definition) is 0. The molecule has 0 aliphatic heterocycles. The van der Waals surface area contributed by atoms with Crippen molar-refractivity contribution in [2.24, 2.45) is 0 Å². The highest BCUT2D eigenvalue weighted by Crippen LogP contribution is 2.26. The molecule has 3 heterocycles. The highest BCUT2D eigenvalue weighted by atomic mass is 35.5. The number of fused-ring (bicyclic) bond motifs is 1. The number of thiazole rings is 1. The number of aromatic nitrogens is 5. The van der Waals surface area contributed by atoms with Gasteiger partial charge in [0.05, 0.1) is 10.2 Å². The Hall–Kier alpha value is -4.07. The number of para-hydroxylation sites is 1.